The first-order valence-corrected chi connectivity index (χ1v) is 7.84. The Labute approximate surface area is 134 Å². The van der Waals surface area contributed by atoms with Gasteiger partial charge in [0.15, 0.2) is 0 Å². The number of allylic oxidation sites excluding steroid dienone is 1. The third-order valence-electron chi connectivity index (χ3n) is 4.30. The van der Waals surface area contributed by atoms with Crippen LogP contribution in [0.4, 0.5) is 0 Å². The van der Waals surface area contributed by atoms with Gasteiger partial charge in [-0.25, -0.2) is 0 Å². The predicted octanol–water partition coefficient (Wildman–Crippen LogP) is 1.70. The van der Waals surface area contributed by atoms with Crippen LogP contribution in [0.5, 0.6) is 0 Å². The summed E-state index contributed by atoms with van der Waals surface area (Å²) in [6.45, 7) is 3.99. The van der Waals surface area contributed by atoms with Crippen molar-refractivity contribution in [1.82, 2.24) is 20.4 Å². The summed E-state index contributed by atoms with van der Waals surface area (Å²) in [6, 6.07) is 6.33. The fourth-order valence-corrected chi connectivity index (χ4v) is 3.03. The third-order valence-corrected chi connectivity index (χ3v) is 4.30. The number of benzene rings is 1. The minimum Gasteiger partial charge on any atom is -0.473 e. The molecule has 0 bridgehead atoms. The van der Waals surface area contributed by atoms with Crippen LogP contribution in [0.25, 0.3) is 16.5 Å². The molecule has 0 fully saturated rings. The first-order chi connectivity index (χ1) is 11.3. The van der Waals surface area contributed by atoms with Crippen LogP contribution in [0.15, 0.2) is 42.1 Å². The molecular formula is C17H20N4O2. The summed E-state index contributed by atoms with van der Waals surface area (Å²) >= 11 is 0. The molecule has 0 amide bonds. The van der Waals surface area contributed by atoms with Gasteiger partial charge in [-0.15, -0.1) is 0 Å². The Bertz CT molecular complexity index is 778. The standard InChI is InChI=1S/C17H20N4O2/c1-22-7-6-21-5-4-18-17-16(21)9-14(11-23-17)12-2-3-13-10-19-20-15(13)8-12/h2-3,8-10,18H,4-7,11H2,1H3,(H,19,20). The van der Waals surface area contributed by atoms with Crippen LogP contribution in [0.3, 0.4) is 0 Å². The number of aromatic nitrogens is 2. The maximum absolute atomic E-state index is 5.94. The molecule has 4 rings (SSSR count). The van der Waals surface area contributed by atoms with Crippen molar-refractivity contribution in [1.29, 1.82) is 0 Å². The molecule has 2 aliphatic heterocycles. The maximum Gasteiger partial charge on any atom is 0.211 e. The van der Waals surface area contributed by atoms with Gasteiger partial charge in [-0.2, -0.15) is 5.10 Å². The van der Waals surface area contributed by atoms with E-state index in [1.807, 2.05) is 6.20 Å². The van der Waals surface area contributed by atoms with E-state index < -0.39 is 0 Å². The molecule has 0 saturated heterocycles. The molecule has 0 radical (unpaired) electrons. The van der Waals surface area contributed by atoms with Gasteiger partial charge in [0.25, 0.3) is 0 Å². The van der Waals surface area contributed by atoms with Crippen molar-refractivity contribution in [2.45, 2.75) is 0 Å². The molecule has 0 spiro atoms. The van der Waals surface area contributed by atoms with E-state index >= 15 is 0 Å². The van der Waals surface area contributed by atoms with E-state index in [2.05, 4.69) is 44.7 Å². The number of H-pyrrole nitrogens is 1. The zero-order valence-corrected chi connectivity index (χ0v) is 13.1. The summed E-state index contributed by atoms with van der Waals surface area (Å²) in [4.78, 5) is 2.31. The molecular weight excluding hydrogens is 292 g/mol. The van der Waals surface area contributed by atoms with Gasteiger partial charge >= 0.3 is 0 Å². The summed E-state index contributed by atoms with van der Waals surface area (Å²) in [5, 5.41) is 11.6. The Balaban J connectivity index is 1.66. The summed E-state index contributed by atoms with van der Waals surface area (Å²) in [5.74, 6) is 0.874. The lowest BCUT2D eigenvalue weighted by Gasteiger charge is -2.35. The van der Waals surface area contributed by atoms with Crippen LogP contribution in [-0.2, 0) is 9.47 Å². The molecule has 2 aliphatic rings. The highest BCUT2D eigenvalue weighted by atomic mass is 16.5. The minimum absolute atomic E-state index is 0.573. The van der Waals surface area contributed by atoms with Crippen LogP contribution in [0.2, 0.25) is 0 Å². The number of aromatic amines is 1. The molecule has 6 heteroatoms. The second-order valence-corrected chi connectivity index (χ2v) is 5.75. The monoisotopic (exact) mass is 312 g/mol. The van der Waals surface area contributed by atoms with Crippen molar-refractivity contribution >= 4 is 16.5 Å². The number of nitrogens with one attached hydrogen (secondary N) is 2. The molecule has 3 heterocycles. The lowest BCUT2D eigenvalue weighted by atomic mass is 10.0. The Hall–Kier alpha value is -2.47. The zero-order chi connectivity index (χ0) is 15.6. The van der Waals surface area contributed by atoms with E-state index in [1.165, 1.54) is 5.57 Å². The van der Waals surface area contributed by atoms with E-state index in [0.717, 1.165) is 47.7 Å². The largest absolute Gasteiger partial charge is 0.473 e. The van der Waals surface area contributed by atoms with Gasteiger partial charge in [-0.3, -0.25) is 5.10 Å². The Kier molecular flexibility index (Phi) is 3.67. The van der Waals surface area contributed by atoms with Crippen molar-refractivity contribution < 1.29 is 9.47 Å². The fourth-order valence-electron chi connectivity index (χ4n) is 3.03. The van der Waals surface area contributed by atoms with Gasteiger partial charge in [0.2, 0.25) is 5.88 Å². The van der Waals surface area contributed by atoms with Crippen LogP contribution >= 0.6 is 0 Å². The number of fused-ring (bicyclic) bond motifs is 1. The Morgan fingerprint density at radius 3 is 3.26 bits per heavy atom. The molecule has 1 aromatic heterocycles. The average molecular weight is 312 g/mol. The molecule has 120 valence electrons. The molecule has 0 aliphatic carbocycles. The van der Waals surface area contributed by atoms with Gasteiger partial charge in [-0.05, 0) is 23.3 Å². The lowest BCUT2D eigenvalue weighted by Crippen LogP contribution is -2.42. The maximum atomic E-state index is 5.94. The van der Waals surface area contributed by atoms with Crippen LogP contribution in [0, 0.1) is 0 Å². The van der Waals surface area contributed by atoms with Gasteiger partial charge in [0.05, 0.1) is 24.0 Å². The molecule has 2 aromatic rings. The fraction of sp³-hybridized carbons (Fsp3) is 0.353. The normalized spacial score (nSPS) is 17.6. The smallest absolute Gasteiger partial charge is 0.211 e. The lowest BCUT2D eigenvalue weighted by molar-refractivity contribution is 0.141. The summed E-state index contributed by atoms with van der Waals surface area (Å²) in [5.41, 5.74) is 4.48. The summed E-state index contributed by atoms with van der Waals surface area (Å²) in [6.07, 6.45) is 4.06. The van der Waals surface area contributed by atoms with Crippen molar-refractivity contribution in [3.63, 3.8) is 0 Å². The van der Waals surface area contributed by atoms with E-state index in [-0.39, 0.29) is 0 Å². The first-order valence-electron chi connectivity index (χ1n) is 7.84. The molecule has 0 unspecified atom stereocenters. The second-order valence-electron chi connectivity index (χ2n) is 5.75. The highest BCUT2D eigenvalue weighted by Crippen LogP contribution is 2.28. The highest BCUT2D eigenvalue weighted by molar-refractivity contribution is 5.83. The zero-order valence-electron chi connectivity index (χ0n) is 13.1. The van der Waals surface area contributed by atoms with Gasteiger partial charge < -0.3 is 19.7 Å². The van der Waals surface area contributed by atoms with Gasteiger partial charge in [0, 0.05) is 32.1 Å². The third kappa shape index (κ3) is 2.66. The average Bonchev–Trinajstić information content (AvgIpc) is 3.07. The van der Waals surface area contributed by atoms with E-state index in [1.54, 1.807) is 7.11 Å². The molecule has 2 N–H and O–H groups in total. The number of methoxy groups -OCH3 is 1. The Morgan fingerprint density at radius 2 is 2.35 bits per heavy atom. The van der Waals surface area contributed by atoms with Crippen LogP contribution in [0.1, 0.15) is 5.56 Å². The van der Waals surface area contributed by atoms with E-state index in [0.29, 0.717) is 13.2 Å². The van der Waals surface area contributed by atoms with Crippen molar-refractivity contribution in [3.8, 4) is 0 Å². The number of ether oxygens (including phenoxy) is 2. The first kappa shape index (κ1) is 14.1. The molecule has 23 heavy (non-hydrogen) atoms. The highest BCUT2D eigenvalue weighted by Gasteiger charge is 2.24. The second kappa shape index (κ2) is 5.96. The number of hydrogen-bond acceptors (Lipinski definition) is 5. The van der Waals surface area contributed by atoms with E-state index in [9.17, 15) is 0 Å². The summed E-state index contributed by atoms with van der Waals surface area (Å²) < 4.78 is 11.2. The number of rotatable bonds is 4. The van der Waals surface area contributed by atoms with Gasteiger partial charge in [0.1, 0.15) is 6.61 Å². The van der Waals surface area contributed by atoms with Crippen LogP contribution in [-0.4, -0.2) is 55.1 Å². The van der Waals surface area contributed by atoms with Crippen molar-refractivity contribution in [2.75, 3.05) is 40.0 Å². The molecule has 0 saturated carbocycles. The minimum atomic E-state index is 0.573. The van der Waals surface area contributed by atoms with Crippen molar-refractivity contribution in [3.05, 3.63) is 47.6 Å². The summed E-state index contributed by atoms with van der Waals surface area (Å²) in [7, 11) is 1.73. The van der Waals surface area contributed by atoms with E-state index in [4.69, 9.17) is 9.47 Å². The quantitative estimate of drug-likeness (QED) is 0.900. The SMILES string of the molecule is COCCN1CCNC2=C1C=C(c1ccc3cn[nH]c3c1)CO2. The molecule has 0 atom stereocenters. The predicted molar refractivity (Wildman–Crippen MR) is 88.5 cm³/mol. The molecule has 1 aromatic carbocycles. The Morgan fingerprint density at radius 1 is 1.39 bits per heavy atom. The van der Waals surface area contributed by atoms with Crippen molar-refractivity contribution in [2.24, 2.45) is 0 Å². The number of nitrogens with zero attached hydrogens (tertiary/aromatic N) is 2. The van der Waals surface area contributed by atoms with Crippen LogP contribution < -0.4 is 5.32 Å². The number of hydrogen-bond donors (Lipinski definition) is 2. The molecule has 6 nitrogen and oxygen atoms in total. The van der Waals surface area contributed by atoms with Gasteiger partial charge in [-0.1, -0.05) is 12.1 Å². The topological polar surface area (TPSA) is 62.4 Å².